The van der Waals surface area contributed by atoms with E-state index in [0.717, 1.165) is 4.57 Å². The van der Waals surface area contributed by atoms with Gasteiger partial charge in [0.1, 0.15) is 17.9 Å². The van der Waals surface area contributed by atoms with Gasteiger partial charge in [-0.3, -0.25) is 0 Å². The fraction of sp³-hybridized carbons (Fsp3) is 0.636. The smallest absolute Gasteiger partial charge is 0.302 e. The summed E-state index contributed by atoms with van der Waals surface area (Å²) in [6.07, 6.45) is -4.33. The van der Waals surface area contributed by atoms with Crippen LogP contribution in [-0.4, -0.2) is 25.5 Å². The first-order valence-electron chi connectivity index (χ1n) is 5.89. The van der Waals surface area contributed by atoms with Gasteiger partial charge in [-0.25, -0.2) is 9.67 Å². The van der Waals surface area contributed by atoms with E-state index in [1.165, 1.54) is 4.68 Å². The van der Waals surface area contributed by atoms with E-state index >= 15 is 0 Å². The Morgan fingerprint density at radius 3 is 2.47 bits per heavy atom. The lowest BCUT2D eigenvalue weighted by molar-refractivity contribution is -0.140. The molecule has 0 spiro atoms. The summed E-state index contributed by atoms with van der Waals surface area (Å²) in [7, 11) is 0. The second kappa shape index (κ2) is 4.70. The first-order chi connectivity index (χ1) is 8.74. The highest BCUT2D eigenvalue weighted by Crippen LogP contribution is 2.29. The number of hydrogen-bond acceptors (Lipinski definition) is 2. The Labute approximate surface area is 113 Å². The predicted octanol–water partition coefficient (Wildman–Crippen LogP) is 3.42. The number of hydrogen-bond donors (Lipinski definition) is 0. The zero-order chi connectivity index (χ0) is 14.4. The SMILES string of the molecule is CCn1nc(C)c2nc(C(C)Cl)n(CC(F)(F)F)c21. The average Bonchev–Trinajstić information content (AvgIpc) is 2.76. The lowest BCUT2D eigenvalue weighted by Crippen LogP contribution is -2.21. The van der Waals surface area contributed by atoms with Crippen LogP contribution in [0.4, 0.5) is 13.2 Å². The minimum atomic E-state index is -4.33. The Kier molecular flexibility index (Phi) is 3.51. The Hall–Kier alpha value is -1.24. The largest absolute Gasteiger partial charge is 0.406 e. The van der Waals surface area contributed by atoms with Crippen LogP contribution >= 0.6 is 11.6 Å². The zero-order valence-electron chi connectivity index (χ0n) is 10.8. The van der Waals surface area contributed by atoms with Crippen LogP contribution < -0.4 is 0 Å². The quantitative estimate of drug-likeness (QED) is 0.813. The molecule has 0 radical (unpaired) electrons. The lowest BCUT2D eigenvalue weighted by atomic mass is 10.4. The molecule has 0 N–H and O–H groups in total. The highest BCUT2D eigenvalue weighted by Gasteiger charge is 2.32. The van der Waals surface area contributed by atoms with Crippen molar-refractivity contribution in [2.75, 3.05) is 0 Å². The molecule has 0 aliphatic carbocycles. The molecule has 0 aliphatic heterocycles. The van der Waals surface area contributed by atoms with E-state index in [9.17, 15) is 13.2 Å². The monoisotopic (exact) mass is 294 g/mol. The first kappa shape index (κ1) is 14.2. The van der Waals surface area contributed by atoms with Crippen LogP contribution in [0.5, 0.6) is 0 Å². The standard InChI is InChI=1S/C11H14ClF3N4/c1-4-19-10-8(7(3)17-19)16-9(6(2)12)18(10)5-11(13,14)15/h6H,4-5H2,1-3H3. The molecular weight excluding hydrogens is 281 g/mol. The molecule has 0 aromatic carbocycles. The van der Waals surface area contributed by atoms with Gasteiger partial charge in [-0.2, -0.15) is 18.3 Å². The summed E-state index contributed by atoms with van der Waals surface area (Å²) in [4.78, 5) is 4.21. The van der Waals surface area contributed by atoms with Crippen molar-refractivity contribution in [2.45, 2.75) is 45.4 Å². The normalized spacial score (nSPS) is 14.3. The second-order valence-corrected chi connectivity index (χ2v) is 5.02. The number of alkyl halides is 4. The van der Waals surface area contributed by atoms with Crippen molar-refractivity contribution in [3.05, 3.63) is 11.5 Å². The molecule has 2 heterocycles. The van der Waals surface area contributed by atoms with Gasteiger partial charge in [0, 0.05) is 6.54 Å². The van der Waals surface area contributed by atoms with Gasteiger partial charge < -0.3 is 4.57 Å². The Morgan fingerprint density at radius 1 is 1.37 bits per heavy atom. The van der Waals surface area contributed by atoms with Gasteiger partial charge >= 0.3 is 6.18 Å². The van der Waals surface area contributed by atoms with Crippen molar-refractivity contribution >= 4 is 22.8 Å². The maximum Gasteiger partial charge on any atom is 0.406 e. The summed E-state index contributed by atoms with van der Waals surface area (Å²) in [5, 5.41) is 3.58. The molecule has 2 aromatic heterocycles. The van der Waals surface area contributed by atoms with Gasteiger partial charge in [-0.05, 0) is 20.8 Å². The third-order valence-corrected chi connectivity index (χ3v) is 3.02. The van der Waals surface area contributed by atoms with Crippen LogP contribution in [0.15, 0.2) is 0 Å². The minimum absolute atomic E-state index is 0.219. The summed E-state index contributed by atoms with van der Waals surface area (Å²) < 4.78 is 40.8. The highest BCUT2D eigenvalue weighted by molar-refractivity contribution is 6.20. The molecule has 0 saturated heterocycles. The summed E-state index contributed by atoms with van der Waals surface area (Å²) in [6, 6.07) is 0. The third kappa shape index (κ3) is 2.56. The molecule has 0 amide bonds. The van der Waals surface area contributed by atoms with Gasteiger partial charge in [0.2, 0.25) is 0 Å². The van der Waals surface area contributed by atoms with Crippen molar-refractivity contribution in [3.8, 4) is 0 Å². The number of rotatable bonds is 3. The van der Waals surface area contributed by atoms with Crippen molar-refractivity contribution in [3.63, 3.8) is 0 Å². The number of aromatic nitrogens is 4. The molecule has 1 unspecified atom stereocenters. The summed E-state index contributed by atoms with van der Waals surface area (Å²) >= 11 is 5.93. The number of nitrogens with zero attached hydrogens (tertiary/aromatic N) is 4. The van der Waals surface area contributed by atoms with Gasteiger partial charge in [0.05, 0.1) is 11.1 Å². The summed E-state index contributed by atoms with van der Waals surface area (Å²) in [5.41, 5.74) is 1.46. The van der Waals surface area contributed by atoms with Crippen LogP contribution in [0.1, 0.15) is 30.7 Å². The number of aryl methyl sites for hydroxylation is 2. The Morgan fingerprint density at radius 2 is 2.00 bits per heavy atom. The Bertz CT molecular complexity index is 597. The van der Waals surface area contributed by atoms with E-state index in [2.05, 4.69) is 10.1 Å². The summed E-state index contributed by atoms with van der Waals surface area (Å²) in [5.74, 6) is 0.219. The molecule has 19 heavy (non-hydrogen) atoms. The van der Waals surface area contributed by atoms with Crippen LogP contribution in [0.3, 0.4) is 0 Å². The molecule has 4 nitrogen and oxygen atoms in total. The van der Waals surface area contributed by atoms with Crippen molar-refractivity contribution in [2.24, 2.45) is 0 Å². The first-order valence-corrected chi connectivity index (χ1v) is 6.32. The van der Waals surface area contributed by atoms with Crippen LogP contribution in [0.2, 0.25) is 0 Å². The van der Waals surface area contributed by atoms with Crippen LogP contribution in [0, 0.1) is 6.92 Å². The highest BCUT2D eigenvalue weighted by atomic mass is 35.5. The number of halogens is 4. The van der Waals surface area contributed by atoms with Gasteiger partial charge in [-0.15, -0.1) is 11.6 Å². The molecule has 1 atom stereocenters. The van der Waals surface area contributed by atoms with Gasteiger partial charge in [0.25, 0.3) is 0 Å². The van der Waals surface area contributed by atoms with Crippen molar-refractivity contribution < 1.29 is 13.2 Å². The molecule has 0 bridgehead atoms. The third-order valence-electron chi connectivity index (χ3n) is 2.82. The van der Waals surface area contributed by atoms with E-state index in [4.69, 9.17) is 11.6 Å². The minimum Gasteiger partial charge on any atom is -0.302 e. The fourth-order valence-electron chi connectivity index (χ4n) is 2.10. The van der Waals surface area contributed by atoms with E-state index in [1.54, 1.807) is 13.8 Å². The molecule has 0 fully saturated rings. The predicted molar refractivity (Wildman–Crippen MR) is 66.3 cm³/mol. The lowest BCUT2D eigenvalue weighted by Gasteiger charge is -2.13. The zero-order valence-corrected chi connectivity index (χ0v) is 11.5. The van der Waals surface area contributed by atoms with Crippen molar-refractivity contribution in [1.82, 2.24) is 19.3 Å². The maximum atomic E-state index is 12.7. The van der Waals surface area contributed by atoms with E-state index in [1.807, 2.05) is 6.92 Å². The molecule has 106 valence electrons. The van der Waals surface area contributed by atoms with Gasteiger partial charge in [0.15, 0.2) is 5.65 Å². The molecule has 0 saturated carbocycles. The van der Waals surface area contributed by atoms with Crippen molar-refractivity contribution in [1.29, 1.82) is 0 Å². The van der Waals surface area contributed by atoms with E-state index in [-0.39, 0.29) is 5.82 Å². The molecular formula is C11H14ClF3N4. The molecule has 2 rings (SSSR count). The van der Waals surface area contributed by atoms with E-state index in [0.29, 0.717) is 23.4 Å². The van der Waals surface area contributed by atoms with Crippen LogP contribution in [0.25, 0.3) is 11.2 Å². The molecule has 2 aromatic rings. The summed E-state index contributed by atoms with van der Waals surface area (Å²) in [6.45, 7) is 4.52. The number of fused-ring (bicyclic) bond motifs is 1. The average molecular weight is 295 g/mol. The topological polar surface area (TPSA) is 35.6 Å². The Balaban J connectivity index is 2.71. The fourth-order valence-corrected chi connectivity index (χ4v) is 2.27. The second-order valence-electron chi connectivity index (χ2n) is 4.36. The van der Waals surface area contributed by atoms with E-state index < -0.39 is 18.1 Å². The molecule has 8 heteroatoms. The van der Waals surface area contributed by atoms with Crippen LogP contribution in [-0.2, 0) is 13.1 Å². The molecule has 0 aliphatic rings. The maximum absolute atomic E-state index is 12.7. The van der Waals surface area contributed by atoms with Gasteiger partial charge in [-0.1, -0.05) is 0 Å². The number of imidazole rings is 1.